The third-order valence-electron chi connectivity index (χ3n) is 2.19. The number of hydrogen-bond donors (Lipinski definition) is 1. The van der Waals surface area contributed by atoms with Crippen LogP contribution in [0.4, 0.5) is 13.2 Å². The first kappa shape index (κ1) is 14.4. The van der Waals surface area contributed by atoms with E-state index >= 15 is 0 Å². The molecule has 2 aromatic heterocycles. The number of halogens is 3. The maximum atomic E-state index is 12.1. The minimum Gasteiger partial charge on any atom is -0.444 e. The first-order valence-corrected chi connectivity index (χ1v) is 7.31. The van der Waals surface area contributed by atoms with E-state index in [-0.39, 0.29) is 5.75 Å². The Morgan fingerprint density at radius 3 is 2.89 bits per heavy atom. The van der Waals surface area contributed by atoms with Gasteiger partial charge in [0.2, 0.25) is 5.89 Å². The lowest BCUT2D eigenvalue weighted by Gasteiger charge is -2.13. The van der Waals surface area contributed by atoms with E-state index in [0.717, 1.165) is 16.6 Å². The summed E-state index contributed by atoms with van der Waals surface area (Å²) in [4.78, 5) is 5.04. The van der Waals surface area contributed by atoms with E-state index in [1.807, 2.05) is 17.5 Å². The van der Waals surface area contributed by atoms with Gasteiger partial charge in [-0.05, 0) is 11.4 Å². The van der Waals surface area contributed by atoms with Crippen molar-refractivity contribution >= 4 is 23.1 Å². The molecule has 1 atom stereocenters. The van der Waals surface area contributed by atoms with Crippen LogP contribution in [-0.4, -0.2) is 28.1 Å². The molecule has 19 heavy (non-hydrogen) atoms. The van der Waals surface area contributed by atoms with Gasteiger partial charge in [-0.1, -0.05) is 6.07 Å². The number of rotatable bonds is 5. The third-order valence-corrected chi connectivity index (χ3v) is 4.10. The zero-order chi connectivity index (χ0) is 13.9. The molecular weight excluding hydrogens is 299 g/mol. The number of aromatic nitrogens is 1. The number of aliphatic hydroxyl groups excluding tert-OH is 1. The standard InChI is InChI=1S/C11H10F3NO2S2/c12-11(13,14)9(16)6-18-5-7-4-17-10(15-7)8-2-1-3-19-8/h1-4,9,16H,5-6H2. The van der Waals surface area contributed by atoms with Crippen molar-refractivity contribution in [3.8, 4) is 10.8 Å². The van der Waals surface area contributed by atoms with Gasteiger partial charge in [0.25, 0.3) is 0 Å². The second kappa shape index (κ2) is 5.98. The van der Waals surface area contributed by atoms with Crippen LogP contribution >= 0.6 is 23.1 Å². The quantitative estimate of drug-likeness (QED) is 0.917. The molecule has 0 amide bonds. The highest BCUT2D eigenvalue weighted by Crippen LogP contribution is 2.27. The molecule has 0 bridgehead atoms. The second-order valence-corrected chi connectivity index (χ2v) is 5.67. The van der Waals surface area contributed by atoms with Crippen LogP contribution in [0.3, 0.4) is 0 Å². The third kappa shape index (κ3) is 3.99. The molecule has 2 rings (SSSR count). The number of aliphatic hydroxyl groups is 1. The summed E-state index contributed by atoms with van der Waals surface area (Å²) >= 11 is 2.43. The molecule has 3 nitrogen and oxygen atoms in total. The van der Waals surface area contributed by atoms with E-state index < -0.39 is 18.0 Å². The second-order valence-electron chi connectivity index (χ2n) is 3.69. The van der Waals surface area contributed by atoms with Crippen LogP contribution in [-0.2, 0) is 5.75 Å². The summed E-state index contributed by atoms with van der Waals surface area (Å²) in [6, 6.07) is 3.71. The molecule has 1 N–H and O–H groups in total. The molecular formula is C11H10F3NO2S2. The molecule has 0 aliphatic heterocycles. The van der Waals surface area contributed by atoms with E-state index in [4.69, 9.17) is 9.52 Å². The maximum absolute atomic E-state index is 12.1. The van der Waals surface area contributed by atoms with Gasteiger partial charge in [0.1, 0.15) is 6.26 Å². The molecule has 0 fully saturated rings. The Hall–Kier alpha value is -0.990. The molecule has 0 spiro atoms. The number of thiophene rings is 1. The van der Waals surface area contributed by atoms with Gasteiger partial charge in [0.05, 0.1) is 10.6 Å². The topological polar surface area (TPSA) is 46.3 Å². The molecule has 0 saturated heterocycles. The summed E-state index contributed by atoms with van der Waals surface area (Å²) in [6.07, 6.45) is -5.46. The molecule has 104 valence electrons. The fourth-order valence-corrected chi connectivity index (χ4v) is 2.78. The Bertz CT molecular complexity index is 510. The number of oxazole rings is 1. The first-order chi connectivity index (χ1) is 8.97. The van der Waals surface area contributed by atoms with Crippen molar-refractivity contribution in [3.05, 3.63) is 29.5 Å². The zero-order valence-corrected chi connectivity index (χ0v) is 11.2. The summed E-state index contributed by atoms with van der Waals surface area (Å²) in [5.41, 5.74) is 0.558. The van der Waals surface area contributed by atoms with Gasteiger partial charge < -0.3 is 9.52 Å². The van der Waals surface area contributed by atoms with Crippen molar-refractivity contribution in [2.75, 3.05) is 5.75 Å². The number of alkyl halides is 3. The number of thioether (sulfide) groups is 1. The predicted molar refractivity (Wildman–Crippen MR) is 68.0 cm³/mol. The minimum atomic E-state index is -4.57. The molecule has 0 saturated carbocycles. The largest absolute Gasteiger partial charge is 0.444 e. The Morgan fingerprint density at radius 2 is 2.26 bits per heavy atom. The lowest BCUT2D eigenvalue weighted by atomic mass is 10.4. The SMILES string of the molecule is OC(CSCc1coc(-c2cccs2)n1)C(F)(F)F. The Kier molecular flexibility index (Phi) is 4.54. The van der Waals surface area contributed by atoms with E-state index in [1.165, 1.54) is 17.6 Å². The van der Waals surface area contributed by atoms with Gasteiger partial charge in [-0.3, -0.25) is 0 Å². The van der Waals surface area contributed by atoms with Crippen molar-refractivity contribution in [1.82, 2.24) is 4.98 Å². The maximum Gasteiger partial charge on any atom is 0.415 e. The van der Waals surface area contributed by atoms with Gasteiger partial charge in [-0.25, -0.2) is 4.98 Å². The molecule has 0 aromatic carbocycles. The highest BCUT2D eigenvalue weighted by atomic mass is 32.2. The van der Waals surface area contributed by atoms with Gasteiger partial charge >= 0.3 is 6.18 Å². The summed E-state index contributed by atoms with van der Waals surface area (Å²) in [5, 5.41) is 10.7. The van der Waals surface area contributed by atoms with E-state index in [0.29, 0.717) is 11.6 Å². The van der Waals surface area contributed by atoms with Crippen molar-refractivity contribution < 1.29 is 22.7 Å². The molecule has 2 heterocycles. The van der Waals surface area contributed by atoms with E-state index in [9.17, 15) is 13.2 Å². The van der Waals surface area contributed by atoms with Crippen molar-refractivity contribution in [2.24, 2.45) is 0 Å². The van der Waals surface area contributed by atoms with Crippen LogP contribution in [0.25, 0.3) is 10.8 Å². The van der Waals surface area contributed by atoms with E-state index in [1.54, 1.807) is 0 Å². The molecule has 0 radical (unpaired) electrons. The average molecular weight is 309 g/mol. The summed E-state index contributed by atoms with van der Waals surface area (Å²) < 4.78 is 41.4. The van der Waals surface area contributed by atoms with Crippen LogP contribution in [0, 0.1) is 0 Å². The van der Waals surface area contributed by atoms with Crippen LogP contribution < -0.4 is 0 Å². The van der Waals surface area contributed by atoms with Crippen LogP contribution in [0.15, 0.2) is 28.2 Å². The Balaban J connectivity index is 1.85. The van der Waals surface area contributed by atoms with Crippen molar-refractivity contribution in [1.29, 1.82) is 0 Å². The summed E-state index contributed by atoms with van der Waals surface area (Å²) in [7, 11) is 0. The monoisotopic (exact) mass is 309 g/mol. The number of nitrogens with zero attached hydrogens (tertiary/aromatic N) is 1. The fraction of sp³-hybridized carbons (Fsp3) is 0.364. The van der Waals surface area contributed by atoms with Gasteiger partial charge in [-0.15, -0.1) is 11.3 Å². The predicted octanol–water partition coefficient (Wildman–Crippen LogP) is 3.56. The lowest BCUT2D eigenvalue weighted by molar-refractivity contribution is -0.195. The van der Waals surface area contributed by atoms with Crippen LogP contribution in [0.2, 0.25) is 0 Å². The molecule has 1 unspecified atom stereocenters. The summed E-state index contributed by atoms with van der Waals surface area (Å²) in [5.74, 6) is 0.314. The average Bonchev–Trinajstić information content (AvgIpc) is 2.97. The lowest BCUT2D eigenvalue weighted by Crippen LogP contribution is -2.30. The first-order valence-electron chi connectivity index (χ1n) is 5.27. The Labute approximate surface area is 115 Å². The molecule has 0 aliphatic rings. The van der Waals surface area contributed by atoms with Crippen LogP contribution in [0.1, 0.15) is 5.69 Å². The Morgan fingerprint density at radius 1 is 1.47 bits per heavy atom. The highest BCUT2D eigenvalue weighted by Gasteiger charge is 2.37. The van der Waals surface area contributed by atoms with E-state index in [2.05, 4.69) is 4.98 Å². The van der Waals surface area contributed by atoms with Gasteiger partial charge in [0, 0.05) is 11.5 Å². The highest BCUT2D eigenvalue weighted by molar-refractivity contribution is 7.98. The molecule has 0 aliphatic carbocycles. The van der Waals surface area contributed by atoms with Gasteiger partial charge in [0.15, 0.2) is 6.10 Å². The smallest absolute Gasteiger partial charge is 0.415 e. The van der Waals surface area contributed by atoms with Crippen molar-refractivity contribution in [2.45, 2.75) is 18.0 Å². The molecule has 8 heteroatoms. The normalized spacial score (nSPS) is 13.7. The van der Waals surface area contributed by atoms with Crippen molar-refractivity contribution in [3.63, 3.8) is 0 Å². The zero-order valence-electron chi connectivity index (χ0n) is 9.55. The summed E-state index contributed by atoms with van der Waals surface area (Å²) in [6.45, 7) is 0. The minimum absolute atomic E-state index is 0.266. The fourth-order valence-electron chi connectivity index (χ4n) is 1.26. The molecule has 2 aromatic rings. The van der Waals surface area contributed by atoms with Gasteiger partial charge in [-0.2, -0.15) is 24.9 Å². The number of hydrogen-bond acceptors (Lipinski definition) is 5. The van der Waals surface area contributed by atoms with Crippen LogP contribution in [0.5, 0.6) is 0 Å².